The summed E-state index contributed by atoms with van der Waals surface area (Å²) < 4.78 is 5.73. The van der Waals surface area contributed by atoms with Crippen LogP contribution in [0, 0.1) is 13.8 Å². The summed E-state index contributed by atoms with van der Waals surface area (Å²) >= 11 is 5.51. The van der Waals surface area contributed by atoms with Crippen molar-refractivity contribution in [2.24, 2.45) is 0 Å². The highest BCUT2D eigenvalue weighted by Crippen LogP contribution is 2.21. The Hall–Kier alpha value is -2.07. The molecule has 0 aliphatic heterocycles. The highest BCUT2D eigenvalue weighted by atomic mass is 32.1. The molecule has 1 unspecified atom stereocenters. The van der Waals surface area contributed by atoms with Crippen molar-refractivity contribution in [2.75, 3.05) is 5.32 Å². The van der Waals surface area contributed by atoms with E-state index in [0.717, 1.165) is 17.9 Å². The number of ether oxygens (including phenoxy) is 1. The van der Waals surface area contributed by atoms with Gasteiger partial charge in [0.1, 0.15) is 5.75 Å². The molecule has 2 rings (SSSR count). The molecular weight excluding hydrogens is 328 g/mol. The Labute approximate surface area is 156 Å². The van der Waals surface area contributed by atoms with E-state index in [9.17, 15) is 0 Å². The predicted molar refractivity (Wildman–Crippen MR) is 111 cm³/mol. The fourth-order valence-electron chi connectivity index (χ4n) is 2.65. The summed E-state index contributed by atoms with van der Waals surface area (Å²) in [6.45, 7) is 10.5. The minimum Gasteiger partial charge on any atom is -0.491 e. The summed E-state index contributed by atoms with van der Waals surface area (Å²) in [4.78, 5) is 0. The summed E-state index contributed by atoms with van der Waals surface area (Å²) in [5.74, 6) is 0.837. The zero-order chi connectivity index (χ0) is 18.4. The van der Waals surface area contributed by atoms with Crippen LogP contribution in [0.25, 0.3) is 0 Å². The molecule has 0 spiro atoms. The number of hydrogen-bond donors (Lipinski definition) is 2. The van der Waals surface area contributed by atoms with Crippen LogP contribution >= 0.6 is 12.2 Å². The van der Waals surface area contributed by atoms with Gasteiger partial charge < -0.3 is 15.4 Å². The smallest absolute Gasteiger partial charge is 0.171 e. The lowest BCUT2D eigenvalue weighted by Gasteiger charge is -2.21. The van der Waals surface area contributed by atoms with Crippen molar-refractivity contribution in [2.45, 2.75) is 53.2 Å². The molecule has 134 valence electrons. The molecule has 0 aliphatic carbocycles. The molecule has 4 heteroatoms. The quantitative estimate of drug-likeness (QED) is 0.667. The van der Waals surface area contributed by atoms with Crippen LogP contribution in [-0.4, -0.2) is 11.2 Å². The van der Waals surface area contributed by atoms with Crippen molar-refractivity contribution < 1.29 is 4.74 Å². The molecule has 2 N–H and O–H groups in total. The lowest BCUT2D eigenvalue weighted by atomic mass is 9.99. The summed E-state index contributed by atoms with van der Waals surface area (Å²) in [5, 5.41) is 7.29. The Morgan fingerprint density at radius 3 is 2.48 bits per heavy atom. The number of aryl methyl sites for hydroxylation is 2. The van der Waals surface area contributed by atoms with Crippen molar-refractivity contribution in [1.29, 1.82) is 0 Å². The molecule has 2 aromatic carbocycles. The highest BCUT2D eigenvalue weighted by molar-refractivity contribution is 7.80. The van der Waals surface area contributed by atoms with E-state index in [1.807, 2.05) is 38.1 Å². The molecule has 0 saturated carbocycles. The zero-order valence-electron chi connectivity index (χ0n) is 15.7. The van der Waals surface area contributed by atoms with E-state index in [2.05, 4.69) is 49.6 Å². The third-order valence-electron chi connectivity index (χ3n) is 4.11. The van der Waals surface area contributed by atoms with Gasteiger partial charge in [0, 0.05) is 11.8 Å². The van der Waals surface area contributed by atoms with Gasteiger partial charge in [-0.05, 0) is 75.2 Å². The Kier molecular flexibility index (Phi) is 6.82. The Balaban J connectivity index is 2.03. The SMILES string of the molecule is CCC(NC(=S)Nc1cccc(OC(C)C)c1)c1ccc(C)c(C)c1. The molecule has 2 aromatic rings. The Morgan fingerprint density at radius 2 is 1.84 bits per heavy atom. The molecule has 3 nitrogen and oxygen atoms in total. The molecule has 0 aliphatic rings. The molecule has 0 radical (unpaired) electrons. The van der Waals surface area contributed by atoms with Crippen LogP contribution in [0.4, 0.5) is 5.69 Å². The fraction of sp³-hybridized carbons (Fsp3) is 0.381. The van der Waals surface area contributed by atoms with E-state index >= 15 is 0 Å². The van der Waals surface area contributed by atoms with Crippen LogP contribution in [0.15, 0.2) is 42.5 Å². The van der Waals surface area contributed by atoms with Crippen molar-refractivity contribution in [3.63, 3.8) is 0 Å². The number of hydrogen-bond acceptors (Lipinski definition) is 2. The summed E-state index contributed by atoms with van der Waals surface area (Å²) in [7, 11) is 0. The molecule has 0 aromatic heterocycles. The second kappa shape index (κ2) is 8.86. The molecular formula is C21H28N2OS. The average Bonchev–Trinajstić information content (AvgIpc) is 2.55. The first-order valence-electron chi connectivity index (χ1n) is 8.80. The van der Waals surface area contributed by atoms with Gasteiger partial charge in [-0.3, -0.25) is 0 Å². The van der Waals surface area contributed by atoms with E-state index in [-0.39, 0.29) is 12.1 Å². The maximum absolute atomic E-state index is 5.73. The van der Waals surface area contributed by atoms with Crippen LogP contribution in [0.1, 0.15) is 49.9 Å². The van der Waals surface area contributed by atoms with Crippen LogP contribution in [0.3, 0.4) is 0 Å². The van der Waals surface area contributed by atoms with Gasteiger partial charge in [-0.25, -0.2) is 0 Å². The zero-order valence-corrected chi connectivity index (χ0v) is 16.5. The fourth-order valence-corrected chi connectivity index (χ4v) is 2.91. The second-order valence-corrected chi connectivity index (χ2v) is 7.01. The Morgan fingerprint density at radius 1 is 1.08 bits per heavy atom. The van der Waals surface area contributed by atoms with Crippen LogP contribution in [0.5, 0.6) is 5.75 Å². The third-order valence-corrected chi connectivity index (χ3v) is 4.33. The first-order chi connectivity index (χ1) is 11.9. The van der Waals surface area contributed by atoms with E-state index < -0.39 is 0 Å². The van der Waals surface area contributed by atoms with Gasteiger partial charge in [0.2, 0.25) is 0 Å². The molecule has 25 heavy (non-hydrogen) atoms. The van der Waals surface area contributed by atoms with Crippen LogP contribution in [-0.2, 0) is 0 Å². The normalized spacial score (nSPS) is 11.9. The molecule has 1 atom stereocenters. The van der Waals surface area contributed by atoms with Gasteiger partial charge in [0.05, 0.1) is 12.1 Å². The predicted octanol–water partition coefficient (Wildman–Crippen LogP) is 5.53. The van der Waals surface area contributed by atoms with E-state index in [1.54, 1.807) is 0 Å². The molecule has 0 fully saturated rings. The maximum atomic E-state index is 5.73. The molecule has 0 amide bonds. The van der Waals surface area contributed by atoms with Gasteiger partial charge in [-0.1, -0.05) is 31.2 Å². The van der Waals surface area contributed by atoms with Crippen LogP contribution in [0.2, 0.25) is 0 Å². The van der Waals surface area contributed by atoms with Gasteiger partial charge in [0.15, 0.2) is 5.11 Å². The van der Waals surface area contributed by atoms with Gasteiger partial charge >= 0.3 is 0 Å². The lowest BCUT2D eigenvalue weighted by Crippen LogP contribution is -2.32. The van der Waals surface area contributed by atoms with E-state index in [1.165, 1.54) is 16.7 Å². The molecule has 0 bridgehead atoms. The van der Waals surface area contributed by atoms with Crippen LogP contribution < -0.4 is 15.4 Å². The summed E-state index contributed by atoms with van der Waals surface area (Å²) in [6.07, 6.45) is 1.11. The topological polar surface area (TPSA) is 33.3 Å². The summed E-state index contributed by atoms with van der Waals surface area (Å²) in [5.41, 5.74) is 4.79. The van der Waals surface area contributed by atoms with Crippen molar-refractivity contribution in [3.8, 4) is 5.75 Å². The monoisotopic (exact) mass is 356 g/mol. The first-order valence-corrected chi connectivity index (χ1v) is 9.21. The third kappa shape index (κ3) is 5.75. The van der Waals surface area contributed by atoms with Crippen molar-refractivity contribution in [1.82, 2.24) is 5.32 Å². The first kappa shape index (κ1) is 19.3. The van der Waals surface area contributed by atoms with Gasteiger partial charge in [-0.15, -0.1) is 0 Å². The lowest BCUT2D eigenvalue weighted by molar-refractivity contribution is 0.242. The highest BCUT2D eigenvalue weighted by Gasteiger charge is 2.12. The van der Waals surface area contributed by atoms with Gasteiger partial charge in [-0.2, -0.15) is 0 Å². The average molecular weight is 357 g/mol. The Bertz CT molecular complexity index is 728. The minimum absolute atomic E-state index is 0.148. The minimum atomic E-state index is 0.148. The number of anilines is 1. The standard InChI is InChI=1S/C21H28N2OS/c1-6-20(17-11-10-15(4)16(5)12-17)23-21(25)22-18-8-7-9-19(13-18)24-14(2)3/h7-14,20H,6H2,1-5H3,(H2,22,23,25). The van der Waals surface area contributed by atoms with E-state index in [0.29, 0.717) is 5.11 Å². The van der Waals surface area contributed by atoms with E-state index in [4.69, 9.17) is 17.0 Å². The molecule has 0 heterocycles. The number of benzene rings is 2. The van der Waals surface area contributed by atoms with Crippen molar-refractivity contribution in [3.05, 3.63) is 59.2 Å². The maximum Gasteiger partial charge on any atom is 0.171 e. The molecule has 0 saturated heterocycles. The number of thiocarbonyl (C=S) groups is 1. The van der Waals surface area contributed by atoms with Gasteiger partial charge in [0.25, 0.3) is 0 Å². The summed E-state index contributed by atoms with van der Waals surface area (Å²) in [6, 6.07) is 14.6. The second-order valence-electron chi connectivity index (χ2n) is 6.60. The largest absolute Gasteiger partial charge is 0.491 e. The van der Waals surface area contributed by atoms with Crippen molar-refractivity contribution >= 4 is 23.0 Å². The number of nitrogens with one attached hydrogen (secondary N) is 2. The number of rotatable bonds is 6.